The van der Waals surface area contributed by atoms with Crippen molar-refractivity contribution in [1.29, 1.82) is 0 Å². The molecule has 1 aliphatic heterocycles. The summed E-state index contributed by atoms with van der Waals surface area (Å²) in [5, 5.41) is 28.6. The Hall–Kier alpha value is -2.51. The monoisotopic (exact) mass is 381 g/mol. The Bertz CT molecular complexity index is 849. The summed E-state index contributed by atoms with van der Waals surface area (Å²) in [5.74, 6) is 0.0474. The SMILES string of the molecule is O=C(S)N(c1ccccn1)[C@@H]1O[C@@H](n2ccc(NO)nc2=O)[C@H](O)[C@@H]1O. The number of hydrogen-bond donors (Lipinski definition) is 5. The van der Waals surface area contributed by atoms with Gasteiger partial charge in [0, 0.05) is 12.4 Å². The maximum absolute atomic E-state index is 12.0. The van der Waals surface area contributed by atoms with Crippen LogP contribution in [0.3, 0.4) is 0 Å². The number of carbonyl (C=O) groups is 1. The molecule has 0 unspecified atom stereocenters. The Balaban J connectivity index is 1.94. The van der Waals surface area contributed by atoms with Crippen LogP contribution in [0.5, 0.6) is 0 Å². The second-order valence-corrected chi connectivity index (χ2v) is 5.74. The molecule has 1 amide bonds. The first-order valence-electron chi connectivity index (χ1n) is 7.38. The summed E-state index contributed by atoms with van der Waals surface area (Å²) in [4.78, 5) is 32.5. The molecule has 0 spiro atoms. The van der Waals surface area contributed by atoms with E-state index in [4.69, 9.17) is 9.94 Å². The van der Waals surface area contributed by atoms with E-state index in [0.717, 1.165) is 9.47 Å². The maximum Gasteiger partial charge on any atom is 0.351 e. The zero-order valence-corrected chi connectivity index (χ0v) is 14.0. The predicted molar refractivity (Wildman–Crippen MR) is 90.9 cm³/mol. The van der Waals surface area contributed by atoms with Crippen molar-refractivity contribution in [2.24, 2.45) is 0 Å². The van der Waals surface area contributed by atoms with Crippen LogP contribution in [0.15, 0.2) is 41.5 Å². The van der Waals surface area contributed by atoms with E-state index in [9.17, 15) is 19.8 Å². The van der Waals surface area contributed by atoms with E-state index in [1.165, 1.54) is 24.5 Å². The fourth-order valence-corrected chi connectivity index (χ4v) is 2.80. The van der Waals surface area contributed by atoms with Gasteiger partial charge in [-0.3, -0.25) is 24.9 Å². The van der Waals surface area contributed by atoms with Gasteiger partial charge in [-0.25, -0.2) is 9.78 Å². The molecule has 2 aromatic rings. The van der Waals surface area contributed by atoms with Crippen molar-refractivity contribution in [3.63, 3.8) is 0 Å². The standard InChI is InChI=1S/C14H15N5O6S/c20-9-10(21)12(19(14(23)26)8-3-1-2-5-15-8)25-11(9)18-6-4-7(17-24)16-13(18)22/h1-6,9-12,20-21,24H,(H,23,26)(H,16,17,22)/t9-,10+,11-,12-/m1/s1. The van der Waals surface area contributed by atoms with E-state index < -0.39 is 35.6 Å². The third kappa shape index (κ3) is 3.27. The highest BCUT2D eigenvalue weighted by molar-refractivity contribution is 7.96. The average Bonchev–Trinajstić information content (AvgIpc) is 2.91. The van der Waals surface area contributed by atoms with Gasteiger partial charge in [-0.1, -0.05) is 18.7 Å². The molecule has 1 fully saturated rings. The largest absolute Gasteiger partial charge is 0.385 e. The molecule has 4 atom stereocenters. The first-order valence-corrected chi connectivity index (χ1v) is 7.83. The van der Waals surface area contributed by atoms with E-state index in [2.05, 4.69) is 22.6 Å². The van der Waals surface area contributed by atoms with Gasteiger partial charge in [0.1, 0.15) is 18.0 Å². The van der Waals surface area contributed by atoms with Crippen molar-refractivity contribution in [3.8, 4) is 0 Å². The number of nitrogens with zero attached hydrogens (tertiary/aromatic N) is 4. The van der Waals surface area contributed by atoms with E-state index in [1.54, 1.807) is 17.6 Å². The third-order valence-electron chi connectivity index (χ3n) is 3.79. The Labute approximate surface area is 151 Å². The smallest absolute Gasteiger partial charge is 0.351 e. The topological polar surface area (TPSA) is 150 Å². The van der Waals surface area contributed by atoms with Crippen LogP contribution in [0.4, 0.5) is 16.4 Å². The van der Waals surface area contributed by atoms with Gasteiger partial charge in [-0.2, -0.15) is 4.98 Å². The number of carbonyl (C=O) groups excluding carboxylic acids is 1. The lowest BCUT2D eigenvalue weighted by Gasteiger charge is -2.27. The molecule has 138 valence electrons. The maximum atomic E-state index is 12.0. The van der Waals surface area contributed by atoms with Gasteiger partial charge in [-0.05, 0) is 18.2 Å². The summed E-state index contributed by atoms with van der Waals surface area (Å²) in [5.41, 5.74) is 0.876. The van der Waals surface area contributed by atoms with Crippen molar-refractivity contribution in [1.82, 2.24) is 14.5 Å². The molecule has 1 aliphatic rings. The summed E-state index contributed by atoms with van der Waals surface area (Å²) in [6.45, 7) is 0. The van der Waals surface area contributed by atoms with Crippen LogP contribution in [0, 0.1) is 0 Å². The lowest BCUT2D eigenvalue weighted by Crippen LogP contribution is -2.46. The van der Waals surface area contributed by atoms with Crippen LogP contribution in [-0.2, 0) is 4.74 Å². The van der Waals surface area contributed by atoms with Gasteiger partial charge in [0.05, 0.1) is 0 Å². The minimum atomic E-state index is -1.54. The zero-order chi connectivity index (χ0) is 18.8. The van der Waals surface area contributed by atoms with Crippen LogP contribution in [0.2, 0.25) is 0 Å². The Morgan fingerprint density at radius 3 is 2.65 bits per heavy atom. The molecule has 3 heterocycles. The number of aliphatic hydroxyl groups is 2. The molecule has 0 bridgehead atoms. The fourth-order valence-electron chi connectivity index (χ4n) is 2.59. The van der Waals surface area contributed by atoms with Crippen LogP contribution in [-0.4, -0.2) is 53.6 Å². The van der Waals surface area contributed by atoms with Gasteiger partial charge in [-0.15, -0.1) is 0 Å². The van der Waals surface area contributed by atoms with E-state index >= 15 is 0 Å². The van der Waals surface area contributed by atoms with Gasteiger partial charge in [0.15, 0.2) is 18.3 Å². The van der Waals surface area contributed by atoms with E-state index in [1.807, 2.05) is 0 Å². The minimum Gasteiger partial charge on any atom is -0.385 e. The number of hydrogen-bond acceptors (Lipinski definition) is 9. The Morgan fingerprint density at radius 2 is 2.08 bits per heavy atom. The number of amides is 1. The zero-order valence-electron chi connectivity index (χ0n) is 13.1. The molecule has 1 saturated heterocycles. The molecule has 0 aromatic carbocycles. The highest BCUT2D eigenvalue weighted by Crippen LogP contribution is 2.33. The summed E-state index contributed by atoms with van der Waals surface area (Å²) in [6, 6.07) is 6.02. The lowest BCUT2D eigenvalue weighted by molar-refractivity contribution is -0.0377. The first kappa shape index (κ1) is 18.3. The molecule has 12 heteroatoms. The number of aromatic nitrogens is 3. The minimum absolute atomic E-state index is 0.100. The summed E-state index contributed by atoms with van der Waals surface area (Å²) in [7, 11) is 0. The molecule has 4 N–H and O–H groups in total. The number of rotatable bonds is 4. The third-order valence-corrected chi connectivity index (χ3v) is 4.00. The van der Waals surface area contributed by atoms with Gasteiger partial charge < -0.3 is 14.9 Å². The van der Waals surface area contributed by atoms with Crippen molar-refractivity contribution < 1.29 is 25.0 Å². The van der Waals surface area contributed by atoms with Crippen molar-refractivity contribution >= 4 is 29.5 Å². The molecule has 0 radical (unpaired) electrons. The number of nitrogens with one attached hydrogen (secondary N) is 1. The molecular weight excluding hydrogens is 366 g/mol. The molecule has 2 aromatic heterocycles. The van der Waals surface area contributed by atoms with Crippen LogP contribution in [0.25, 0.3) is 0 Å². The average molecular weight is 381 g/mol. The number of anilines is 2. The highest BCUT2D eigenvalue weighted by Gasteiger charge is 2.48. The normalized spacial score (nSPS) is 25.1. The summed E-state index contributed by atoms with van der Waals surface area (Å²) < 4.78 is 6.49. The fraction of sp³-hybridized carbons (Fsp3) is 0.286. The Morgan fingerprint density at radius 1 is 1.31 bits per heavy atom. The van der Waals surface area contributed by atoms with Crippen LogP contribution in [0.1, 0.15) is 6.23 Å². The number of thiol groups is 1. The van der Waals surface area contributed by atoms with Gasteiger partial charge in [0.2, 0.25) is 0 Å². The summed E-state index contributed by atoms with van der Waals surface area (Å²) >= 11 is 3.77. The summed E-state index contributed by atoms with van der Waals surface area (Å²) in [6.07, 6.45) is -3.08. The molecule has 26 heavy (non-hydrogen) atoms. The van der Waals surface area contributed by atoms with Gasteiger partial charge >= 0.3 is 5.69 Å². The Kier molecular flexibility index (Phi) is 5.20. The van der Waals surface area contributed by atoms with Crippen molar-refractivity contribution in [2.75, 3.05) is 10.4 Å². The second-order valence-electron chi connectivity index (χ2n) is 5.35. The van der Waals surface area contributed by atoms with Crippen LogP contribution < -0.4 is 16.1 Å². The molecule has 0 saturated carbocycles. The van der Waals surface area contributed by atoms with E-state index in [-0.39, 0.29) is 11.6 Å². The number of aliphatic hydroxyl groups excluding tert-OH is 2. The lowest BCUT2D eigenvalue weighted by atomic mass is 10.2. The van der Waals surface area contributed by atoms with Gasteiger partial charge in [0.25, 0.3) is 5.24 Å². The first-order chi connectivity index (χ1) is 12.4. The molecule has 0 aliphatic carbocycles. The highest BCUT2D eigenvalue weighted by atomic mass is 32.1. The molecule has 3 rings (SSSR count). The number of pyridine rings is 1. The van der Waals surface area contributed by atoms with E-state index in [0.29, 0.717) is 0 Å². The van der Waals surface area contributed by atoms with Crippen molar-refractivity contribution in [2.45, 2.75) is 24.7 Å². The molecule has 11 nitrogen and oxygen atoms in total. The molecular formula is C14H15N5O6S. The van der Waals surface area contributed by atoms with Crippen molar-refractivity contribution in [3.05, 3.63) is 47.1 Å². The number of ether oxygens (including phenoxy) is 1. The predicted octanol–water partition coefficient (Wildman–Crippen LogP) is -0.428. The van der Waals surface area contributed by atoms with Crippen LogP contribution >= 0.6 is 12.6 Å². The second kappa shape index (κ2) is 7.39. The quantitative estimate of drug-likeness (QED) is 0.351.